The molecule has 1 aliphatic carbocycles. The molecular weight excluding hydrogens is 368 g/mol. The molecule has 0 radical (unpaired) electrons. The van der Waals surface area contributed by atoms with Crippen LogP contribution in [-0.2, 0) is 0 Å². The van der Waals surface area contributed by atoms with Crippen molar-refractivity contribution < 1.29 is 4.58 Å². The molecule has 7 heteroatoms. The van der Waals surface area contributed by atoms with Crippen LogP contribution in [0, 0.1) is 0 Å². The molecule has 2 aliphatic rings. The zero-order chi connectivity index (χ0) is 19.1. The van der Waals surface area contributed by atoms with Crippen molar-refractivity contribution in [2.75, 3.05) is 37.3 Å². The van der Waals surface area contributed by atoms with E-state index in [1.165, 1.54) is 18.5 Å². The predicted molar refractivity (Wildman–Crippen MR) is 117 cm³/mol. The lowest BCUT2D eigenvalue weighted by Crippen LogP contribution is -2.35. The number of likely N-dealkylation sites (N-methyl/N-ethyl adjacent to an activating group) is 1. The van der Waals surface area contributed by atoms with E-state index in [9.17, 15) is 0 Å². The van der Waals surface area contributed by atoms with E-state index < -0.39 is 0 Å². The summed E-state index contributed by atoms with van der Waals surface area (Å²) in [6.07, 6.45) is 4.63. The molecule has 0 amide bonds. The average molecular weight is 394 g/mol. The van der Waals surface area contributed by atoms with E-state index >= 15 is 0 Å². The van der Waals surface area contributed by atoms with Gasteiger partial charge in [-0.3, -0.25) is 4.90 Å². The van der Waals surface area contributed by atoms with Crippen molar-refractivity contribution in [1.82, 2.24) is 14.9 Å². The fourth-order valence-corrected chi connectivity index (χ4v) is 4.17. The summed E-state index contributed by atoms with van der Waals surface area (Å²) in [6, 6.07) is 10.6. The minimum Gasteiger partial charge on any atom is -0.364 e. The summed E-state index contributed by atoms with van der Waals surface area (Å²) in [5, 5.41) is 10.2. The predicted octanol–water partition coefficient (Wildman–Crippen LogP) is 4.06. The van der Waals surface area contributed by atoms with Gasteiger partial charge in [-0.15, -0.1) is 11.3 Å². The van der Waals surface area contributed by atoms with Gasteiger partial charge in [-0.2, -0.15) is 4.98 Å². The van der Waals surface area contributed by atoms with Crippen LogP contribution < -0.4 is 10.6 Å². The Labute approximate surface area is 168 Å². The van der Waals surface area contributed by atoms with Gasteiger partial charge < -0.3 is 10.6 Å². The smallest absolute Gasteiger partial charge is 0.230 e. The lowest BCUT2D eigenvalue weighted by molar-refractivity contribution is -0.443. The van der Waals surface area contributed by atoms with Crippen LogP contribution in [0.1, 0.15) is 19.8 Å². The number of nitrogens with one attached hydrogen (secondary N) is 2. The average Bonchev–Trinajstić information content (AvgIpc) is 3.22. The molecule has 2 aromatic heterocycles. The van der Waals surface area contributed by atoms with Crippen LogP contribution in [0.25, 0.3) is 10.2 Å². The van der Waals surface area contributed by atoms with Crippen LogP contribution >= 0.6 is 11.3 Å². The van der Waals surface area contributed by atoms with E-state index in [0.29, 0.717) is 5.95 Å². The SMILES string of the molecule is CN1CC=[N+](c2ccc(Nc3nc(NC4(C)CC4)c4ccsc4n3)cc2)CC1. The summed E-state index contributed by atoms with van der Waals surface area (Å²) in [7, 11) is 2.15. The standard InChI is InChI=1S/C21H25N6S/c1-21(8-9-21)25-18-17-7-14-28-19(17)24-20(23-18)22-15-3-5-16(6-4-15)27-12-10-26(2)11-13-27/h3-7,12,14H,8-11,13H2,1-2H3,(H2,22,23,24,25)/q+1. The molecule has 144 valence electrons. The van der Waals surface area contributed by atoms with Crippen LogP contribution in [-0.4, -0.2) is 57.9 Å². The monoisotopic (exact) mass is 393 g/mol. The van der Waals surface area contributed by atoms with Gasteiger partial charge in [-0.1, -0.05) is 0 Å². The highest BCUT2D eigenvalue weighted by Crippen LogP contribution is 2.40. The number of rotatable bonds is 5. The minimum atomic E-state index is 0.182. The maximum atomic E-state index is 4.77. The van der Waals surface area contributed by atoms with E-state index in [1.54, 1.807) is 11.3 Å². The molecule has 0 saturated heterocycles. The third-order valence-corrected chi connectivity index (χ3v) is 6.34. The molecule has 1 fully saturated rings. The van der Waals surface area contributed by atoms with E-state index in [1.807, 2.05) is 0 Å². The van der Waals surface area contributed by atoms with Gasteiger partial charge in [0.15, 0.2) is 12.8 Å². The minimum absolute atomic E-state index is 0.182. The molecule has 0 atom stereocenters. The highest BCUT2D eigenvalue weighted by molar-refractivity contribution is 7.16. The molecule has 1 aliphatic heterocycles. The molecule has 0 bridgehead atoms. The highest BCUT2D eigenvalue weighted by Gasteiger charge is 2.38. The molecule has 0 unspecified atom stereocenters. The second-order valence-corrected chi connectivity index (χ2v) is 8.93. The summed E-state index contributed by atoms with van der Waals surface area (Å²) in [6.45, 7) is 5.34. The number of hydrogen-bond donors (Lipinski definition) is 2. The molecule has 1 aromatic carbocycles. The van der Waals surface area contributed by atoms with Gasteiger partial charge >= 0.3 is 0 Å². The van der Waals surface area contributed by atoms with Crippen molar-refractivity contribution in [1.29, 1.82) is 0 Å². The number of hydrogen-bond acceptors (Lipinski definition) is 6. The molecule has 3 heterocycles. The highest BCUT2D eigenvalue weighted by atomic mass is 32.1. The Morgan fingerprint density at radius 2 is 1.96 bits per heavy atom. The molecule has 28 heavy (non-hydrogen) atoms. The first-order valence-electron chi connectivity index (χ1n) is 9.77. The normalized spacial score (nSPS) is 18.7. The van der Waals surface area contributed by atoms with Crippen LogP contribution in [0.5, 0.6) is 0 Å². The van der Waals surface area contributed by atoms with Crippen molar-refractivity contribution in [3.05, 3.63) is 35.7 Å². The van der Waals surface area contributed by atoms with Crippen molar-refractivity contribution in [2.45, 2.75) is 25.3 Å². The number of fused-ring (bicyclic) bond motifs is 1. The molecule has 3 aromatic rings. The third kappa shape index (κ3) is 3.59. The van der Waals surface area contributed by atoms with Crippen molar-refractivity contribution in [3.63, 3.8) is 0 Å². The van der Waals surface area contributed by atoms with Gasteiger partial charge in [-0.05, 0) is 50.4 Å². The van der Waals surface area contributed by atoms with Crippen LogP contribution in [0.4, 0.5) is 23.1 Å². The second-order valence-electron chi connectivity index (χ2n) is 8.03. The summed E-state index contributed by atoms with van der Waals surface area (Å²) in [5.74, 6) is 1.57. The maximum absolute atomic E-state index is 4.77. The molecule has 0 spiro atoms. The summed E-state index contributed by atoms with van der Waals surface area (Å²) < 4.78 is 2.32. The zero-order valence-corrected chi connectivity index (χ0v) is 17.1. The maximum Gasteiger partial charge on any atom is 0.230 e. The largest absolute Gasteiger partial charge is 0.364 e. The van der Waals surface area contributed by atoms with Crippen LogP contribution in [0.15, 0.2) is 35.7 Å². The second kappa shape index (κ2) is 6.83. The first-order chi connectivity index (χ1) is 13.6. The van der Waals surface area contributed by atoms with Gasteiger partial charge in [0.05, 0.1) is 18.5 Å². The summed E-state index contributed by atoms with van der Waals surface area (Å²) >= 11 is 1.65. The Kier molecular flexibility index (Phi) is 4.29. The van der Waals surface area contributed by atoms with Crippen LogP contribution in [0.2, 0.25) is 0 Å². The van der Waals surface area contributed by atoms with Crippen LogP contribution in [0.3, 0.4) is 0 Å². The molecule has 5 rings (SSSR count). The Hall–Kier alpha value is -2.51. The molecular formula is C21H25N6S+. The fourth-order valence-electron chi connectivity index (χ4n) is 3.40. The van der Waals surface area contributed by atoms with Crippen molar-refractivity contribution in [3.8, 4) is 0 Å². The molecule has 6 nitrogen and oxygen atoms in total. The van der Waals surface area contributed by atoms with E-state index in [2.05, 4.69) is 76.0 Å². The number of nitrogens with zero attached hydrogens (tertiary/aromatic N) is 4. The quantitative estimate of drug-likeness (QED) is 0.640. The Morgan fingerprint density at radius 1 is 1.14 bits per heavy atom. The molecule has 2 N–H and O–H groups in total. The van der Waals surface area contributed by atoms with Gasteiger partial charge in [0.25, 0.3) is 0 Å². The van der Waals surface area contributed by atoms with Gasteiger partial charge in [0.2, 0.25) is 11.6 Å². The summed E-state index contributed by atoms with van der Waals surface area (Å²) in [5.41, 5.74) is 2.40. The van der Waals surface area contributed by atoms with Crippen molar-refractivity contribution >= 4 is 50.9 Å². The first kappa shape index (κ1) is 17.6. The van der Waals surface area contributed by atoms with Crippen molar-refractivity contribution in [2.24, 2.45) is 0 Å². The Morgan fingerprint density at radius 3 is 2.68 bits per heavy atom. The van der Waals surface area contributed by atoms with E-state index in [0.717, 1.165) is 41.4 Å². The Balaban J connectivity index is 1.37. The molecule has 1 saturated carbocycles. The fraction of sp³-hybridized carbons (Fsp3) is 0.381. The summed E-state index contributed by atoms with van der Waals surface area (Å²) in [4.78, 5) is 12.8. The van der Waals surface area contributed by atoms with Gasteiger partial charge in [0.1, 0.15) is 10.6 Å². The lowest BCUT2D eigenvalue weighted by atomic mass is 10.2. The van der Waals surface area contributed by atoms with Gasteiger partial charge in [0, 0.05) is 23.4 Å². The number of aromatic nitrogens is 2. The Bertz CT molecular complexity index is 1030. The van der Waals surface area contributed by atoms with E-state index in [4.69, 9.17) is 9.97 Å². The first-order valence-corrected chi connectivity index (χ1v) is 10.7. The topological polar surface area (TPSA) is 56.1 Å². The zero-order valence-electron chi connectivity index (χ0n) is 16.3. The third-order valence-electron chi connectivity index (χ3n) is 5.54. The number of thiophene rings is 1. The van der Waals surface area contributed by atoms with Gasteiger partial charge in [-0.25, -0.2) is 9.56 Å². The van der Waals surface area contributed by atoms with E-state index in [-0.39, 0.29) is 5.54 Å². The lowest BCUT2D eigenvalue weighted by Gasteiger charge is -2.17. The number of anilines is 3. The number of benzene rings is 1.